The highest BCUT2D eigenvalue weighted by Gasteiger charge is 2.48. The van der Waals surface area contributed by atoms with Gasteiger partial charge >= 0.3 is 5.97 Å². The van der Waals surface area contributed by atoms with Crippen LogP contribution in [0.1, 0.15) is 6.42 Å². The van der Waals surface area contributed by atoms with Gasteiger partial charge in [0.1, 0.15) is 0 Å². The fourth-order valence-corrected chi connectivity index (χ4v) is 2.72. The van der Waals surface area contributed by atoms with Crippen molar-refractivity contribution in [2.45, 2.75) is 6.42 Å². The lowest BCUT2D eigenvalue weighted by atomic mass is 10.2. The van der Waals surface area contributed by atoms with Crippen LogP contribution in [-0.2, 0) is 9.59 Å². The highest BCUT2D eigenvalue weighted by Crippen LogP contribution is 2.40. The first kappa shape index (κ1) is 12.6. The van der Waals surface area contributed by atoms with Crippen molar-refractivity contribution < 1.29 is 14.7 Å². The van der Waals surface area contributed by atoms with E-state index < -0.39 is 17.8 Å². The molecule has 0 saturated heterocycles. The highest BCUT2D eigenvalue weighted by atomic mass is 79.9. The molecule has 2 unspecified atom stereocenters. The number of benzene rings is 1. The molecule has 6 heteroatoms. The summed E-state index contributed by atoms with van der Waals surface area (Å²) in [5.74, 6) is -2.06. The first-order chi connectivity index (χ1) is 7.99. The Morgan fingerprint density at radius 3 is 2.53 bits per heavy atom. The van der Waals surface area contributed by atoms with Gasteiger partial charge in [-0.2, -0.15) is 0 Å². The van der Waals surface area contributed by atoms with Gasteiger partial charge in [-0.3, -0.25) is 9.59 Å². The molecular formula is C11H9Br2NO3. The summed E-state index contributed by atoms with van der Waals surface area (Å²) in [5, 5.41) is 11.4. The largest absolute Gasteiger partial charge is 0.481 e. The summed E-state index contributed by atoms with van der Waals surface area (Å²) >= 11 is 6.64. The number of amides is 1. The van der Waals surface area contributed by atoms with Gasteiger partial charge in [-0.15, -0.1) is 0 Å². The van der Waals surface area contributed by atoms with Gasteiger partial charge in [0.15, 0.2) is 0 Å². The fraction of sp³-hybridized carbons (Fsp3) is 0.273. The molecule has 2 atom stereocenters. The molecule has 0 radical (unpaired) electrons. The minimum atomic E-state index is -0.903. The molecule has 1 aromatic rings. The molecule has 2 rings (SSSR count). The molecule has 1 amide bonds. The van der Waals surface area contributed by atoms with Crippen LogP contribution in [0, 0.1) is 11.8 Å². The second-order valence-electron chi connectivity index (χ2n) is 3.90. The molecule has 0 heterocycles. The molecule has 0 bridgehead atoms. The molecule has 2 N–H and O–H groups in total. The molecule has 17 heavy (non-hydrogen) atoms. The molecule has 1 saturated carbocycles. The van der Waals surface area contributed by atoms with E-state index in [0.717, 1.165) is 8.95 Å². The minimum Gasteiger partial charge on any atom is -0.481 e. The topological polar surface area (TPSA) is 66.4 Å². The summed E-state index contributed by atoms with van der Waals surface area (Å²) in [6.07, 6.45) is 0.426. The van der Waals surface area contributed by atoms with Crippen LogP contribution in [0.4, 0.5) is 5.69 Å². The Morgan fingerprint density at radius 2 is 2.00 bits per heavy atom. The molecule has 1 aliphatic carbocycles. The zero-order chi connectivity index (χ0) is 12.6. The predicted molar refractivity (Wildman–Crippen MR) is 69.7 cm³/mol. The summed E-state index contributed by atoms with van der Waals surface area (Å²) < 4.78 is 1.66. The molecule has 0 aliphatic heterocycles. The summed E-state index contributed by atoms with van der Waals surface area (Å²) in [5.41, 5.74) is 0.647. The second kappa shape index (κ2) is 4.78. The van der Waals surface area contributed by atoms with Crippen molar-refractivity contribution in [2.75, 3.05) is 5.32 Å². The number of hydrogen-bond donors (Lipinski definition) is 2. The van der Waals surface area contributed by atoms with Crippen LogP contribution < -0.4 is 5.32 Å². The van der Waals surface area contributed by atoms with Crippen LogP contribution >= 0.6 is 31.9 Å². The Labute approximate surface area is 115 Å². The van der Waals surface area contributed by atoms with Crippen molar-refractivity contribution >= 4 is 49.4 Å². The van der Waals surface area contributed by atoms with Gasteiger partial charge in [-0.1, -0.05) is 15.9 Å². The Morgan fingerprint density at radius 1 is 1.29 bits per heavy atom. The first-order valence-corrected chi connectivity index (χ1v) is 6.56. The van der Waals surface area contributed by atoms with Gasteiger partial charge in [0.05, 0.1) is 17.5 Å². The average Bonchev–Trinajstić information content (AvgIpc) is 3.01. The normalized spacial score (nSPS) is 22.0. The Hall–Kier alpha value is -0.880. The Kier molecular flexibility index (Phi) is 3.53. The number of aliphatic carboxylic acids is 1. The second-order valence-corrected chi connectivity index (χ2v) is 5.67. The van der Waals surface area contributed by atoms with E-state index in [4.69, 9.17) is 5.11 Å². The fourth-order valence-electron chi connectivity index (χ4n) is 1.57. The number of nitrogens with one attached hydrogen (secondary N) is 1. The lowest BCUT2D eigenvalue weighted by molar-refractivity contribution is -0.139. The Bertz CT molecular complexity index is 490. The van der Waals surface area contributed by atoms with Gasteiger partial charge < -0.3 is 10.4 Å². The van der Waals surface area contributed by atoms with Crippen molar-refractivity contribution in [2.24, 2.45) is 11.8 Å². The first-order valence-electron chi connectivity index (χ1n) is 4.98. The number of halogens is 2. The van der Waals surface area contributed by atoms with Gasteiger partial charge in [-0.25, -0.2) is 0 Å². The quantitative estimate of drug-likeness (QED) is 0.868. The van der Waals surface area contributed by atoms with Crippen molar-refractivity contribution in [3.05, 3.63) is 27.1 Å². The minimum absolute atomic E-state index is 0.236. The third-order valence-corrected chi connectivity index (χ3v) is 3.78. The number of hydrogen-bond acceptors (Lipinski definition) is 2. The maximum atomic E-state index is 11.7. The SMILES string of the molecule is O=C(O)C1CC1C(=O)Nc1ccc(Br)cc1Br. The summed E-state index contributed by atoms with van der Waals surface area (Å²) in [4.78, 5) is 22.4. The maximum absolute atomic E-state index is 11.7. The van der Waals surface area contributed by atoms with Crippen molar-refractivity contribution in [1.82, 2.24) is 0 Å². The zero-order valence-electron chi connectivity index (χ0n) is 8.61. The standard InChI is InChI=1S/C11H9Br2NO3/c12-5-1-2-9(8(13)3-5)14-10(15)6-4-7(6)11(16)17/h1-3,6-7H,4H2,(H,14,15)(H,16,17). The molecule has 90 valence electrons. The van der Waals surface area contributed by atoms with Gasteiger partial charge in [-0.05, 0) is 40.5 Å². The average molecular weight is 363 g/mol. The lowest BCUT2D eigenvalue weighted by Crippen LogP contribution is -2.17. The summed E-state index contributed by atoms with van der Waals surface area (Å²) in [6, 6.07) is 5.38. The van der Waals surface area contributed by atoms with Crippen LogP contribution in [0.25, 0.3) is 0 Å². The molecule has 1 fully saturated rings. The smallest absolute Gasteiger partial charge is 0.307 e. The van der Waals surface area contributed by atoms with E-state index in [9.17, 15) is 9.59 Å². The molecule has 0 aromatic heterocycles. The number of rotatable bonds is 3. The number of carboxylic acids is 1. The number of anilines is 1. The van der Waals surface area contributed by atoms with E-state index in [0.29, 0.717) is 12.1 Å². The van der Waals surface area contributed by atoms with Crippen LogP contribution in [0.5, 0.6) is 0 Å². The summed E-state index contributed by atoms with van der Waals surface area (Å²) in [6.45, 7) is 0. The zero-order valence-corrected chi connectivity index (χ0v) is 11.8. The van der Waals surface area contributed by atoms with Crippen molar-refractivity contribution in [1.29, 1.82) is 0 Å². The number of carbonyl (C=O) groups excluding carboxylic acids is 1. The molecule has 4 nitrogen and oxygen atoms in total. The summed E-state index contributed by atoms with van der Waals surface area (Å²) in [7, 11) is 0. The van der Waals surface area contributed by atoms with Gasteiger partial charge in [0.2, 0.25) is 5.91 Å². The number of carbonyl (C=O) groups is 2. The Balaban J connectivity index is 2.02. The third kappa shape index (κ3) is 2.87. The van der Waals surface area contributed by atoms with Crippen LogP contribution in [0.3, 0.4) is 0 Å². The number of carboxylic acid groups (broad SMARTS) is 1. The molecule has 1 aliphatic rings. The third-order valence-electron chi connectivity index (χ3n) is 2.63. The van der Waals surface area contributed by atoms with E-state index in [-0.39, 0.29) is 5.91 Å². The van der Waals surface area contributed by atoms with E-state index in [1.165, 1.54) is 0 Å². The monoisotopic (exact) mass is 361 g/mol. The van der Waals surface area contributed by atoms with E-state index in [1.807, 2.05) is 12.1 Å². The van der Waals surface area contributed by atoms with Crippen LogP contribution in [0.2, 0.25) is 0 Å². The maximum Gasteiger partial charge on any atom is 0.307 e. The van der Waals surface area contributed by atoms with Crippen molar-refractivity contribution in [3.8, 4) is 0 Å². The van der Waals surface area contributed by atoms with E-state index >= 15 is 0 Å². The molecule has 0 spiro atoms. The van der Waals surface area contributed by atoms with Crippen LogP contribution in [-0.4, -0.2) is 17.0 Å². The van der Waals surface area contributed by atoms with Crippen LogP contribution in [0.15, 0.2) is 27.1 Å². The lowest BCUT2D eigenvalue weighted by Gasteiger charge is -2.07. The van der Waals surface area contributed by atoms with Gasteiger partial charge in [0.25, 0.3) is 0 Å². The van der Waals surface area contributed by atoms with E-state index in [1.54, 1.807) is 6.07 Å². The van der Waals surface area contributed by atoms with Gasteiger partial charge in [0, 0.05) is 8.95 Å². The predicted octanol–water partition coefficient (Wildman–Crippen LogP) is 2.87. The van der Waals surface area contributed by atoms with Crippen molar-refractivity contribution in [3.63, 3.8) is 0 Å². The van der Waals surface area contributed by atoms with E-state index in [2.05, 4.69) is 37.2 Å². The molecule has 1 aromatic carbocycles. The highest BCUT2D eigenvalue weighted by molar-refractivity contribution is 9.11. The molecular weight excluding hydrogens is 354 g/mol.